The van der Waals surface area contributed by atoms with E-state index in [4.69, 9.17) is 9.52 Å². The molecule has 0 saturated heterocycles. The maximum atomic E-state index is 12.1. The highest BCUT2D eigenvalue weighted by Crippen LogP contribution is 2.11. The number of rotatable bonds is 3. The van der Waals surface area contributed by atoms with Gasteiger partial charge in [-0.2, -0.15) is 4.98 Å². The van der Waals surface area contributed by atoms with Gasteiger partial charge in [-0.25, -0.2) is 0 Å². The van der Waals surface area contributed by atoms with E-state index in [1.165, 1.54) is 18.7 Å². The first-order valence-corrected chi connectivity index (χ1v) is 5.98. The molecule has 0 aliphatic carbocycles. The Labute approximate surface area is 115 Å². The molecule has 0 atom stereocenters. The van der Waals surface area contributed by atoms with E-state index in [0.717, 1.165) is 0 Å². The Kier molecular flexibility index (Phi) is 4.47. The van der Waals surface area contributed by atoms with Crippen LogP contribution in [0.1, 0.15) is 28.0 Å². The van der Waals surface area contributed by atoms with Gasteiger partial charge in [-0.05, 0) is 13.0 Å². The average Bonchev–Trinajstić information content (AvgIpc) is 2.85. The summed E-state index contributed by atoms with van der Waals surface area (Å²) in [6, 6.07) is 1.70. The largest absolute Gasteiger partial charge is 0.432 e. The van der Waals surface area contributed by atoms with Crippen molar-refractivity contribution in [2.75, 3.05) is 11.9 Å². The van der Waals surface area contributed by atoms with Gasteiger partial charge in [0.2, 0.25) is 0 Å². The minimum absolute atomic E-state index is 0.0234. The van der Waals surface area contributed by atoms with Crippen LogP contribution in [0.5, 0.6) is 0 Å². The Balaban J connectivity index is 2.19. The molecule has 0 unspecified atom stereocenters. The highest BCUT2D eigenvalue weighted by molar-refractivity contribution is 6.04. The molecule has 0 spiro atoms. The highest BCUT2D eigenvalue weighted by atomic mass is 16.4. The fraction of sp³-hybridized carbons (Fsp3) is 0.214. The van der Waals surface area contributed by atoms with Crippen LogP contribution in [0, 0.1) is 18.8 Å². The molecule has 2 rings (SSSR count). The fourth-order valence-electron chi connectivity index (χ4n) is 1.48. The maximum absolute atomic E-state index is 12.1. The molecule has 0 saturated carbocycles. The van der Waals surface area contributed by atoms with E-state index < -0.39 is 0 Å². The van der Waals surface area contributed by atoms with Crippen molar-refractivity contribution < 1.29 is 14.3 Å². The number of hydrogen-bond acceptors (Lipinski definition) is 5. The molecule has 0 aromatic carbocycles. The van der Waals surface area contributed by atoms with Crippen molar-refractivity contribution in [3.8, 4) is 11.8 Å². The molecule has 20 heavy (non-hydrogen) atoms. The van der Waals surface area contributed by atoms with Gasteiger partial charge in [0.05, 0.1) is 23.4 Å². The minimum Gasteiger partial charge on any atom is -0.432 e. The summed E-state index contributed by atoms with van der Waals surface area (Å²) in [5, 5.41) is 11.3. The highest BCUT2D eigenvalue weighted by Gasteiger charge is 2.12. The number of carbonyl (C=O) groups excluding carboxylic acids is 1. The van der Waals surface area contributed by atoms with Crippen LogP contribution in [0.25, 0.3) is 0 Å². The van der Waals surface area contributed by atoms with Gasteiger partial charge in [-0.3, -0.25) is 15.1 Å². The van der Waals surface area contributed by atoms with E-state index >= 15 is 0 Å². The van der Waals surface area contributed by atoms with Crippen molar-refractivity contribution >= 4 is 11.9 Å². The first-order valence-electron chi connectivity index (χ1n) is 5.98. The lowest BCUT2D eigenvalue weighted by atomic mass is 10.1. The number of aromatic nitrogens is 2. The number of aliphatic hydroxyl groups is 1. The summed E-state index contributed by atoms with van der Waals surface area (Å²) in [7, 11) is 0. The van der Waals surface area contributed by atoms with Crippen LogP contribution in [0.15, 0.2) is 29.1 Å². The third-order valence-electron chi connectivity index (χ3n) is 2.37. The summed E-state index contributed by atoms with van der Waals surface area (Å²) >= 11 is 0. The number of carbonyl (C=O) groups is 1. The van der Waals surface area contributed by atoms with Gasteiger partial charge in [0.25, 0.3) is 5.91 Å². The van der Waals surface area contributed by atoms with E-state index in [0.29, 0.717) is 23.2 Å². The van der Waals surface area contributed by atoms with E-state index in [9.17, 15) is 4.79 Å². The number of oxazole rings is 1. The van der Waals surface area contributed by atoms with Crippen molar-refractivity contribution in [2.45, 2.75) is 13.3 Å². The van der Waals surface area contributed by atoms with E-state index in [-0.39, 0.29) is 18.5 Å². The van der Waals surface area contributed by atoms with Gasteiger partial charge in [0, 0.05) is 18.8 Å². The zero-order valence-corrected chi connectivity index (χ0v) is 10.9. The lowest BCUT2D eigenvalue weighted by molar-refractivity contribution is 0.102. The molecular formula is C14H13N3O3. The van der Waals surface area contributed by atoms with Gasteiger partial charge in [0.15, 0.2) is 0 Å². The first kappa shape index (κ1) is 13.8. The third kappa shape index (κ3) is 3.43. The number of hydrogen-bond donors (Lipinski definition) is 2. The van der Waals surface area contributed by atoms with Gasteiger partial charge in [-0.1, -0.05) is 11.8 Å². The van der Waals surface area contributed by atoms with Crippen LogP contribution in [0.3, 0.4) is 0 Å². The lowest BCUT2D eigenvalue weighted by Crippen LogP contribution is -2.14. The number of aliphatic hydroxyl groups excluding tert-OH is 1. The molecule has 6 heteroatoms. The van der Waals surface area contributed by atoms with E-state index in [1.54, 1.807) is 13.0 Å². The Morgan fingerprint density at radius 2 is 2.40 bits per heavy atom. The second kappa shape index (κ2) is 6.50. The van der Waals surface area contributed by atoms with Gasteiger partial charge >= 0.3 is 6.01 Å². The molecule has 0 bridgehead atoms. The van der Waals surface area contributed by atoms with Crippen LogP contribution in [0.2, 0.25) is 0 Å². The number of nitrogens with one attached hydrogen (secondary N) is 1. The molecule has 2 aromatic rings. The fourth-order valence-corrected chi connectivity index (χ4v) is 1.48. The number of anilines is 1. The molecule has 102 valence electrons. The molecule has 0 radical (unpaired) electrons. The average molecular weight is 271 g/mol. The molecule has 0 aliphatic rings. The Hall–Kier alpha value is -2.65. The standard InChI is InChI=1S/C14H13N3O3/c1-10-9-20-14(16-10)17-13(19)12-5-6-15-8-11(12)4-2-3-7-18/h5-6,8-9,18H,3,7H2,1H3,(H,16,17,19). The minimum atomic E-state index is -0.373. The first-order chi connectivity index (χ1) is 9.70. The Morgan fingerprint density at radius 3 is 3.10 bits per heavy atom. The van der Waals surface area contributed by atoms with Gasteiger partial charge in [-0.15, -0.1) is 0 Å². The normalized spacial score (nSPS) is 9.70. The second-order valence-corrected chi connectivity index (χ2v) is 3.94. The molecule has 2 aromatic heterocycles. The van der Waals surface area contributed by atoms with Crippen LogP contribution in [0.4, 0.5) is 6.01 Å². The Bertz CT molecular complexity index is 668. The number of amides is 1. The zero-order valence-electron chi connectivity index (χ0n) is 10.9. The smallest absolute Gasteiger partial charge is 0.301 e. The van der Waals surface area contributed by atoms with Crippen molar-refractivity contribution in [3.63, 3.8) is 0 Å². The van der Waals surface area contributed by atoms with Crippen LogP contribution >= 0.6 is 0 Å². The number of pyridine rings is 1. The molecule has 2 heterocycles. The molecule has 0 fully saturated rings. The Morgan fingerprint density at radius 1 is 1.55 bits per heavy atom. The van der Waals surface area contributed by atoms with Crippen LogP contribution in [-0.2, 0) is 0 Å². The summed E-state index contributed by atoms with van der Waals surface area (Å²) < 4.78 is 5.07. The molecule has 6 nitrogen and oxygen atoms in total. The lowest BCUT2D eigenvalue weighted by Gasteiger charge is -2.02. The topological polar surface area (TPSA) is 88.2 Å². The van der Waals surface area contributed by atoms with Crippen molar-refractivity contribution in [1.29, 1.82) is 0 Å². The zero-order chi connectivity index (χ0) is 14.4. The maximum Gasteiger partial charge on any atom is 0.301 e. The summed E-state index contributed by atoms with van der Waals surface area (Å²) in [6.07, 6.45) is 4.80. The van der Waals surface area contributed by atoms with Crippen molar-refractivity contribution in [2.24, 2.45) is 0 Å². The predicted molar refractivity (Wildman–Crippen MR) is 72.0 cm³/mol. The third-order valence-corrected chi connectivity index (χ3v) is 2.37. The van der Waals surface area contributed by atoms with Gasteiger partial charge in [0.1, 0.15) is 6.26 Å². The van der Waals surface area contributed by atoms with Crippen LogP contribution in [-0.4, -0.2) is 27.6 Å². The number of aryl methyl sites for hydroxylation is 1. The molecule has 1 amide bonds. The van der Waals surface area contributed by atoms with Gasteiger partial charge < -0.3 is 9.52 Å². The predicted octanol–water partition coefficient (Wildman–Crippen LogP) is 1.36. The summed E-state index contributed by atoms with van der Waals surface area (Å²) in [5.41, 5.74) is 1.54. The number of nitrogens with zero attached hydrogens (tertiary/aromatic N) is 2. The molecular weight excluding hydrogens is 258 g/mol. The molecule has 2 N–H and O–H groups in total. The molecule has 0 aliphatic heterocycles. The second-order valence-electron chi connectivity index (χ2n) is 3.94. The monoisotopic (exact) mass is 271 g/mol. The van der Waals surface area contributed by atoms with Crippen LogP contribution < -0.4 is 5.32 Å². The van der Waals surface area contributed by atoms with Crippen molar-refractivity contribution in [1.82, 2.24) is 9.97 Å². The van der Waals surface area contributed by atoms with E-state index in [2.05, 4.69) is 27.1 Å². The quantitative estimate of drug-likeness (QED) is 0.823. The van der Waals surface area contributed by atoms with Crippen molar-refractivity contribution in [3.05, 3.63) is 41.5 Å². The SMILES string of the molecule is Cc1coc(NC(=O)c2ccncc2C#CCCO)n1. The summed E-state index contributed by atoms with van der Waals surface area (Å²) in [6.45, 7) is 1.74. The van der Waals surface area contributed by atoms with E-state index in [1.807, 2.05) is 0 Å². The summed E-state index contributed by atoms with van der Waals surface area (Å²) in [5.74, 6) is 5.18. The summed E-state index contributed by atoms with van der Waals surface area (Å²) in [4.78, 5) is 20.1.